The van der Waals surface area contributed by atoms with Crippen LogP contribution in [0.15, 0.2) is 54.6 Å². The summed E-state index contributed by atoms with van der Waals surface area (Å²) in [7, 11) is 0. The van der Waals surface area contributed by atoms with Gasteiger partial charge in [0.1, 0.15) is 17.2 Å². The molecule has 0 N–H and O–H groups in total. The van der Waals surface area contributed by atoms with Crippen LogP contribution in [0, 0.1) is 0 Å². The Kier molecular flexibility index (Phi) is 22.8. The van der Waals surface area contributed by atoms with E-state index in [2.05, 4.69) is 92.9 Å². The third kappa shape index (κ3) is 17.5. The predicted molar refractivity (Wildman–Crippen MR) is 202 cm³/mol. The largest absolute Gasteiger partial charge is 6.00 e. The van der Waals surface area contributed by atoms with Crippen LogP contribution in [0.25, 0.3) is 0 Å². The Hall–Kier alpha value is 0.628. The summed E-state index contributed by atoms with van der Waals surface area (Å²) >= 11 is 27.6. The molecule has 0 amide bonds. The molecule has 3 aromatic rings. The molecule has 0 saturated carbocycles. The second-order valence-corrected chi connectivity index (χ2v) is 23.4. The maximum atomic E-state index is 11.3. The van der Waals surface area contributed by atoms with E-state index in [0.717, 1.165) is 55.2 Å². The monoisotopic (exact) mass is 878 g/mol. The first kappa shape index (κ1) is 46.6. The summed E-state index contributed by atoms with van der Waals surface area (Å²) in [6.07, 6.45) is 5.22. The van der Waals surface area contributed by atoms with Crippen molar-refractivity contribution in [2.45, 2.75) is 80.1 Å². The molecule has 3 rings (SSSR count). The third-order valence-corrected chi connectivity index (χ3v) is 9.13. The topological polar surface area (TPSA) is 96.9 Å². The van der Waals surface area contributed by atoms with Gasteiger partial charge in [-0.25, -0.2) is 0 Å². The number of benzene rings is 3. The van der Waals surface area contributed by atoms with Crippen molar-refractivity contribution in [1.82, 2.24) is 0 Å². The molecule has 0 saturated heterocycles. The first-order chi connectivity index (χ1) is 20.9. The van der Waals surface area contributed by atoms with Crippen LogP contribution >= 0.6 is 17.1 Å². The van der Waals surface area contributed by atoms with Crippen LogP contribution in [0.4, 0.5) is 0 Å². The summed E-state index contributed by atoms with van der Waals surface area (Å²) in [6.45, 7) is 12.3. The summed E-state index contributed by atoms with van der Waals surface area (Å²) in [6, 6.07) is 17.0. The first-order valence-corrected chi connectivity index (χ1v) is 25.4. The van der Waals surface area contributed by atoms with Gasteiger partial charge in [0.2, 0.25) is 0 Å². The van der Waals surface area contributed by atoms with Crippen molar-refractivity contribution in [3.05, 3.63) is 88.0 Å². The zero-order valence-corrected chi connectivity index (χ0v) is 36.2. The molecule has 6 nitrogen and oxygen atoms in total. The van der Waals surface area contributed by atoms with Gasteiger partial charge in [-0.05, 0) is 90.1 Å². The zero-order chi connectivity index (χ0) is 34.4. The molecule has 0 aliphatic heterocycles. The maximum Gasteiger partial charge on any atom is 6.00 e. The number of aryl methyl sites for hydroxylation is 3. The van der Waals surface area contributed by atoms with E-state index in [1.165, 1.54) is 16.7 Å². The van der Waals surface area contributed by atoms with Crippen LogP contribution in [0.1, 0.15) is 74.9 Å². The van der Waals surface area contributed by atoms with Crippen LogP contribution in [-0.2, 0) is 132 Å². The average molecular weight is 877 g/mol. The smallest absolute Gasteiger partial charge is 0.809 e. The molecule has 0 spiro atoms. The molecule has 3 atom stereocenters. The van der Waals surface area contributed by atoms with E-state index < -0.39 is 17.1 Å². The van der Waals surface area contributed by atoms with Crippen molar-refractivity contribution in [1.29, 1.82) is 0 Å². The van der Waals surface area contributed by atoms with Gasteiger partial charge in [-0.15, -0.1) is 0 Å². The van der Waals surface area contributed by atoms with E-state index in [1.807, 2.05) is 57.2 Å². The van der Waals surface area contributed by atoms with Crippen LogP contribution in [-0.4, -0.2) is 0 Å². The van der Waals surface area contributed by atoms with Crippen LogP contribution in [0.5, 0.6) is 17.2 Å². The Morgan fingerprint density at radius 2 is 0.696 bits per heavy atom. The number of hydrogen-bond donors (Lipinski definition) is 0. The Bertz CT molecular complexity index is 1350. The van der Waals surface area contributed by atoms with Gasteiger partial charge in [0.25, 0.3) is 0 Å². The van der Waals surface area contributed by atoms with Gasteiger partial charge < -0.3 is 65.0 Å². The van der Waals surface area contributed by atoms with Gasteiger partial charge in [0.15, 0.2) is 0 Å². The van der Waals surface area contributed by atoms with E-state index >= 15 is 0 Å². The van der Waals surface area contributed by atoms with Crippen LogP contribution < -0.4 is 28.3 Å². The molecule has 16 heteroatoms. The van der Waals surface area contributed by atoms with Crippen molar-refractivity contribution >= 4 is 89.2 Å². The molecule has 252 valence electrons. The van der Waals surface area contributed by atoms with E-state index in [1.54, 1.807) is 18.2 Å². The minimum absolute atomic E-state index is 0. The summed E-state index contributed by atoms with van der Waals surface area (Å²) in [5, 5.41) is 0. The summed E-state index contributed by atoms with van der Waals surface area (Å²) in [4.78, 5) is 33.8. The number of hydrogen-bond acceptors (Lipinski definition) is 12. The van der Waals surface area contributed by atoms with Crippen molar-refractivity contribution in [3.8, 4) is 17.2 Å². The predicted octanol–water partition coefficient (Wildman–Crippen LogP) is 6.96. The second kappa shape index (κ2) is 22.4. The average Bonchev–Trinajstić information content (AvgIpc) is 2.94. The van der Waals surface area contributed by atoms with Crippen LogP contribution in [0.3, 0.4) is 0 Å². The van der Waals surface area contributed by atoms with Gasteiger partial charge in [-0.3, -0.25) is 0 Å². The van der Waals surface area contributed by atoms with E-state index in [4.69, 9.17) is 13.6 Å². The quantitative estimate of drug-likeness (QED) is 0.107. The Balaban J connectivity index is 0.000000653. The van der Waals surface area contributed by atoms with Gasteiger partial charge in [0.05, 0.1) is 0 Å². The van der Waals surface area contributed by atoms with E-state index in [0.29, 0.717) is 17.2 Å². The molecule has 0 aliphatic carbocycles. The van der Waals surface area contributed by atoms with Gasteiger partial charge >= 0.3 is 21.1 Å². The molecule has 0 aliphatic rings. The van der Waals surface area contributed by atoms with Gasteiger partial charge in [-0.1, -0.05) is 130 Å². The molecule has 0 fully saturated rings. The zero-order valence-electron chi connectivity index (χ0n) is 26.6. The fraction of sp³-hybridized carbons (Fsp3) is 0.400. The molecule has 0 radical (unpaired) electrons. The Labute approximate surface area is 321 Å². The Morgan fingerprint density at radius 1 is 0.478 bits per heavy atom. The fourth-order valence-corrected chi connectivity index (χ4v) is 7.33. The molecule has 0 bridgehead atoms. The minimum atomic E-state index is -3.29. The first-order valence-electron chi connectivity index (χ1n) is 14.4. The fourth-order valence-electron chi connectivity index (χ4n) is 4.65. The Morgan fingerprint density at radius 3 is 0.848 bits per heavy atom. The molecular weight excluding hydrogens is 838 g/mol. The van der Waals surface area contributed by atoms with E-state index in [-0.39, 0.29) is 21.1 Å². The summed E-state index contributed by atoms with van der Waals surface area (Å²) < 4.78 is 15.5. The molecule has 0 heterocycles. The van der Waals surface area contributed by atoms with Crippen molar-refractivity contribution in [2.24, 2.45) is 0 Å². The molecular formula is C30H39MoO6P3S6. The molecule has 46 heavy (non-hydrogen) atoms. The normalized spacial score (nSPS) is 14.3. The molecule has 3 aromatic carbocycles. The van der Waals surface area contributed by atoms with Gasteiger partial charge in [-0.2, -0.15) is 0 Å². The van der Waals surface area contributed by atoms with Crippen LogP contribution in [0.2, 0.25) is 0 Å². The summed E-state index contributed by atoms with van der Waals surface area (Å²) in [5.74, 6) is 1.72. The standard InChI is InChI=1S/3C10H15O2PS2.Mo/c3*1-3-8-6-5-7-10(9(8)4-2)12-13(11,14)15;/h3*5-7H,3-4H2,1-2H3,(H2,11,14,15);/q;;;+6/p-6. The van der Waals surface area contributed by atoms with Crippen molar-refractivity contribution in [3.63, 3.8) is 0 Å². The van der Waals surface area contributed by atoms with Gasteiger partial charge in [0, 0.05) is 0 Å². The molecule has 0 aromatic heterocycles. The van der Waals surface area contributed by atoms with E-state index in [9.17, 15) is 14.7 Å². The van der Waals surface area contributed by atoms with Crippen molar-refractivity contribution in [2.75, 3.05) is 0 Å². The third-order valence-electron chi connectivity index (χ3n) is 6.52. The van der Waals surface area contributed by atoms with Crippen molar-refractivity contribution < 1.29 is 49.3 Å². The number of rotatable bonds is 12. The second-order valence-electron chi connectivity index (χ2n) is 9.42. The minimum Gasteiger partial charge on any atom is -0.809 e. The summed E-state index contributed by atoms with van der Waals surface area (Å²) in [5.41, 5.74) is -3.16. The SMILES string of the molecule is CCc1cccc(OP([O-])(=S)[S-])c1CC.CCc1cccc(OP([O-])(=S)[S-])c1CC.CCc1cccc(OP([O-])(=S)[S-])c1CC.[Mo+6]. The molecule has 3 unspecified atom stereocenters. The maximum absolute atomic E-state index is 11.3.